The summed E-state index contributed by atoms with van der Waals surface area (Å²) in [5.41, 5.74) is 0. The van der Waals surface area contributed by atoms with E-state index in [1.807, 2.05) is 4.90 Å². The summed E-state index contributed by atoms with van der Waals surface area (Å²) in [6.07, 6.45) is 4.05. The summed E-state index contributed by atoms with van der Waals surface area (Å²) in [6.45, 7) is 3.02. The van der Waals surface area contributed by atoms with Crippen molar-refractivity contribution in [3.63, 3.8) is 0 Å². The van der Waals surface area contributed by atoms with Crippen molar-refractivity contribution in [3.05, 3.63) is 18.5 Å². The largest absolute Gasteiger partial charge is 0.338 e. The Morgan fingerprint density at radius 2 is 1.91 bits per heavy atom. The van der Waals surface area contributed by atoms with Gasteiger partial charge in [-0.1, -0.05) is 0 Å². The molecular formula is C14H21N5O3S. The van der Waals surface area contributed by atoms with E-state index in [0.29, 0.717) is 45.1 Å². The molecule has 2 aliphatic rings. The maximum atomic E-state index is 12.2. The van der Waals surface area contributed by atoms with E-state index >= 15 is 0 Å². The van der Waals surface area contributed by atoms with Crippen molar-refractivity contribution in [2.75, 3.05) is 49.1 Å². The zero-order valence-electron chi connectivity index (χ0n) is 12.9. The lowest BCUT2D eigenvalue weighted by molar-refractivity contribution is 0.192. The van der Waals surface area contributed by atoms with E-state index in [-0.39, 0.29) is 23.5 Å². The van der Waals surface area contributed by atoms with Crippen LogP contribution in [0.2, 0.25) is 0 Å². The van der Waals surface area contributed by atoms with Crippen LogP contribution in [0.5, 0.6) is 0 Å². The summed E-state index contributed by atoms with van der Waals surface area (Å²) in [4.78, 5) is 24.4. The summed E-state index contributed by atoms with van der Waals surface area (Å²) in [5.74, 6) is 1.15. The van der Waals surface area contributed by atoms with Crippen molar-refractivity contribution in [3.8, 4) is 0 Å². The Hall–Kier alpha value is -1.90. The van der Waals surface area contributed by atoms with Gasteiger partial charge < -0.3 is 15.1 Å². The SMILES string of the molecule is O=C(NC[C@@H]1CCS(=O)(=O)C1)N1CCN(c2ncccn2)CC1. The zero-order valence-corrected chi connectivity index (χ0v) is 13.7. The Bertz CT molecular complexity index is 644. The van der Waals surface area contributed by atoms with E-state index in [0.717, 1.165) is 0 Å². The molecule has 1 atom stereocenters. The Morgan fingerprint density at radius 1 is 1.22 bits per heavy atom. The summed E-state index contributed by atoms with van der Waals surface area (Å²) >= 11 is 0. The molecule has 23 heavy (non-hydrogen) atoms. The molecule has 126 valence electrons. The van der Waals surface area contributed by atoms with Crippen molar-refractivity contribution in [1.29, 1.82) is 0 Å². The molecule has 1 N–H and O–H groups in total. The molecule has 0 unspecified atom stereocenters. The molecule has 0 aliphatic carbocycles. The van der Waals surface area contributed by atoms with Crippen LogP contribution in [-0.4, -0.2) is 73.5 Å². The zero-order chi connectivity index (χ0) is 16.3. The normalized spacial score (nSPS) is 23.7. The maximum absolute atomic E-state index is 12.2. The van der Waals surface area contributed by atoms with E-state index in [9.17, 15) is 13.2 Å². The van der Waals surface area contributed by atoms with Crippen LogP contribution in [0, 0.1) is 5.92 Å². The summed E-state index contributed by atoms with van der Waals surface area (Å²) in [7, 11) is -2.89. The number of hydrogen-bond acceptors (Lipinski definition) is 6. The number of sulfone groups is 1. The number of nitrogens with one attached hydrogen (secondary N) is 1. The molecule has 2 aliphatic heterocycles. The lowest BCUT2D eigenvalue weighted by Gasteiger charge is -2.34. The first kappa shape index (κ1) is 16.0. The van der Waals surface area contributed by atoms with Crippen molar-refractivity contribution in [1.82, 2.24) is 20.2 Å². The fourth-order valence-corrected chi connectivity index (χ4v) is 4.80. The lowest BCUT2D eigenvalue weighted by atomic mass is 10.1. The summed E-state index contributed by atoms with van der Waals surface area (Å²) in [5, 5.41) is 2.86. The summed E-state index contributed by atoms with van der Waals surface area (Å²) in [6, 6.07) is 1.65. The highest BCUT2D eigenvalue weighted by Crippen LogP contribution is 2.17. The second-order valence-corrected chi connectivity index (χ2v) is 8.21. The molecule has 0 spiro atoms. The van der Waals surface area contributed by atoms with E-state index in [4.69, 9.17) is 0 Å². The van der Waals surface area contributed by atoms with Gasteiger partial charge in [0.1, 0.15) is 0 Å². The van der Waals surface area contributed by atoms with Crippen LogP contribution < -0.4 is 10.2 Å². The number of hydrogen-bond donors (Lipinski definition) is 1. The third-order valence-corrected chi connectivity index (χ3v) is 6.11. The fourth-order valence-electron chi connectivity index (χ4n) is 2.94. The predicted octanol–water partition coefficient (Wildman–Crippen LogP) is -0.257. The van der Waals surface area contributed by atoms with Crippen molar-refractivity contribution in [2.24, 2.45) is 5.92 Å². The summed E-state index contributed by atoms with van der Waals surface area (Å²) < 4.78 is 22.8. The van der Waals surface area contributed by atoms with Crippen LogP contribution in [0.25, 0.3) is 0 Å². The molecule has 1 aromatic heterocycles. The number of urea groups is 1. The topological polar surface area (TPSA) is 95.5 Å². The first-order chi connectivity index (χ1) is 11.0. The molecule has 1 aromatic rings. The minimum atomic E-state index is -2.89. The third-order valence-electron chi connectivity index (χ3n) is 4.27. The fraction of sp³-hybridized carbons (Fsp3) is 0.643. The molecule has 3 heterocycles. The van der Waals surface area contributed by atoms with Gasteiger partial charge in [0, 0.05) is 45.1 Å². The highest BCUT2D eigenvalue weighted by Gasteiger charge is 2.29. The van der Waals surface area contributed by atoms with Gasteiger partial charge in [-0.05, 0) is 18.4 Å². The predicted molar refractivity (Wildman–Crippen MR) is 86.0 cm³/mol. The van der Waals surface area contributed by atoms with Gasteiger partial charge in [0.15, 0.2) is 9.84 Å². The first-order valence-corrected chi connectivity index (χ1v) is 9.61. The first-order valence-electron chi connectivity index (χ1n) is 7.79. The van der Waals surface area contributed by atoms with Crippen LogP contribution in [-0.2, 0) is 9.84 Å². The minimum absolute atomic E-state index is 0.0444. The van der Waals surface area contributed by atoms with Crippen LogP contribution in [0.15, 0.2) is 18.5 Å². The second kappa shape index (κ2) is 6.69. The lowest BCUT2D eigenvalue weighted by Crippen LogP contribution is -2.52. The quantitative estimate of drug-likeness (QED) is 0.815. The Morgan fingerprint density at radius 3 is 2.52 bits per heavy atom. The van der Waals surface area contributed by atoms with Crippen LogP contribution in [0.1, 0.15) is 6.42 Å². The van der Waals surface area contributed by atoms with E-state index < -0.39 is 9.84 Å². The molecule has 0 aromatic carbocycles. The second-order valence-electron chi connectivity index (χ2n) is 5.98. The maximum Gasteiger partial charge on any atom is 0.317 e. The molecule has 0 bridgehead atoms. The van der Waals surface area contributed by atoms with Crippen molar-refractivity contribution in [2.45, 2.75) is 6.42 Å². The van der Waals surface area contributed by atoms with Gasteiger partial charge in [-0.25, -0.2) is 23.2 Å². The molecule has 9 heteroatoms. The third kappa shape index (κ3) is 4.10. The number of nitrogens with zero attached hydrogens (tertiary/aromatic N) is 4. The van der Waals surface area contributed by atoms with Gasteiger partial charge in [0.25, 0.3) is 0 Å². The Kier molecular flexibility index (Phi) is 4.65. The van der Waals surface area contributed by atoms with Crippen molar-refractivity contribution < 1.29 is 13.2 Å². The molecule has 8 nitrogen and oxygen atoms in total. The number of amides is 2. The number of aromatic nitrogens is 2. The monoisotopic (exact) mass is 339 g/mol. The number of carbonyl (C=O) groups excluding carboxylic acids is 1. The number of rotatable bonds is 3. The Balaban J connectivity index is 1.43. The van der Waals surface area contributed by atoms with Gasteiger partial charge in [-0.15, -0.1) is 0 Å². The molecule has 2 fully saturated rings. The van der Waals surface area contributed by atoms with Gasteiger partial charge >= 0.3 is 6.03 Å². The van der Waals surface area contributed by atoms with Gasteiger partial charge in [0.2, 0.25) is 5.95 Å². The van der Waals surface area contributed by atoms with Crippen LogP contribution in [0.3, 0.4) is 0 Å². The molecule has 2 saturated heterocycles. The van der Waals surface area contributed by atoms with Gasteiger partial charge in [-0.2, -0.15) is 0 Å². The van der Waals surface area contributed by atoms with Crippen LogP contribution >= 0.6 is 0 Å². The van der Waals surface area contributed by atoms with E-state index in [2.05, 4.69) is 15.3 Å². The van der Waals surface area contributed by atoms with Gasteiger partial charge in [-0.3, -0.25) is 0 Å². The molecule has 0 saturated carbocycles. The van der Waals surface area contributed by atoms with Gasteiger partial charge in [0.05, 0.1) is 11.5 Å². The highest BCUT2D eigenvalue weighted by atomic mass is 32.2. The average molecular weight is 339 g/mol. The van der Waals surface area contributed by atoms with Crippen LogP contribution in [0.4, 0.5) is 10.7 Å². The smallest absolute Gasteiger partial charge is 0.317 e. The van der Waals surface area contributed by atoms with Crippen molar-refractivity contribution >= 4 is 21.8 Å². The molecule has 0 radical (unpaired) electrons. The minimum Gasteiger partial charge on any atom is -0.338 e. The van der Waals surface area contributed by atoms with E-state index in [1.165, 1.54) is 0 Å². The average Bonchev–Trinajstić information content (AvgIpc) is 2.93. The highest BCUT2D eigenvalue weighted by molar-refractivity contribution is 7.91. The number of carbonyl (C=O) groups is 1. The van der Waals surface area contributed by atoms with E-state index in [1.54, 1.807) is 23.4 Å². The molecule has 3 rings (SSSR count). The number of piperazine rings is 1. The molecular weight excluding hydrogens is 318 g/mol. The number of anilines is 1. The molecule has 2 amide bonds. The Labute approximate surface area is 135 Å². The standard InChI is InChI=1S/C14H21N5O3S/c20-14(17-10-12-2-9-23(21,22)11-12)19-7-5-18(6-8-19)13-15-3-1-4-16-13/h1,3-4,12H,2,5-11H2,(H,17,20)/t12-/m0/s1.